The lowest BCUT2D eigenvalue weighted by molar-refractivity contribution is 0.0932. The highest BCUT2D eigenvalue weighted by Gasteiger charge is 2.25. The molecule has 0 fully saturated rings. The highest BCUT2D eigenvalue weighted by Crippen LogP contribution is 2.33. The first-order valence-electron chi connectivity index (χ1n) is 7.34. The third-order valence-electron chi connectivity index (χ3n) is 4.10. The number of carbonyl (C=O) groups is 1. The van der Waals surface area contributed by atoms with Gasteiger partial charge in [0.15, 0.2) is 9.84 Å². The van der Waals surface area contributed by atoms with Crippen molar-refractivity contribution in [3.8, 4) is 0 Å². The minimum Gasteiger partial charge on any atom is -0.345 e. The second kappa shape index (κ2) is 6.18. The summed E-state index contributed by atoms with van der Waals surface area (Å²) in [5, 5.41) is 3.44. The molecule has 0 aliphatic heterocycles. The molecule has 0 radical (unpaired) electrons. The van der Waals surface area contributed by atoms with Gasteiger partial charge >= 0.3 is 0 Å². The Kier molecular flexibility index (Phi) is 4.36. The van der Waals surface area contributed by atoms with Crippen LogP contribution in [0.25, 0.3) is 0 Å². The van der Waals surface area contributed by atoms with Crippen molar-refractivity contribution in [2.24, 2.45) is 0 Å². The first kappa shape index (κ1) is 16.9. The van der Waals surface area contributed by atoms with Crippen molar-refractivity contribution in [3.05, 3.63) is 63.9 Å². The van der Waals surface area contributed by atoms with E-state index in [0.717, 1.165) is 29.9 Å². The Hall–Kier alpha value is -1.92. The zero-order chi connectivity index (χ0) is 17.5. The molecule has 126 valence electrons. The van der Waals surface area contributed by atoms with Crippen LogP contribution < -0.4 is 5.32 Å². The van der Waals surface area contributed by atoms with Crippen LogP contribution in [0.3, 0.4) is 0 Å². The van der Waals surface area contributed by atoms with Crippen molar-refractivity contribution in [3.63, 3.8) is 0 Å². The van der Waals surface area contributed by atoms with Gasteiger partial charge in [-0.15, -0.1) is 0 Å². The molecule has 0 bridgehead atoms. The van der Waals surface area contributed by atoms with Gasteiger partial charge in [-0.05, 0) is 54.3 Å². The van der Waals surface area contributed by atoms with E-state index in [1.165, 1.54) is 12.1 Å². The van der Waals surface area contributed by atoms with Gasteiger partial charge in [0.25, 0.3) is 5.91 Å². The zero-order valence-corrected chi connectivity index (χ0v) is 14.4. The Balaban J connectivity index is 1.82. The van der Waals surface area contributed by atoms with E-state index in [1.807, 2.05) is 12.1 Å². The molecule has 0 spiro atoms. The largest absolute Gasteiger partial charge is 0.345 e. The molecule has 0 saturated heterocycles. The number of hydrogen-bond donors (Lipinski definition) is 1. The average molecular weight is 368 g/mol. The molecule has 1 aliphatic rings. The molecular weight excluding hydrogens is 353 g/mol. The van der Waals surface area contributed by atoms with Gasteiger partial charge in [-0.3, -0.25) is 4.79 Å². The quantitative estimate of drug-likeness (QED) is 0.905. The predicted octanol–water partition coefficient (Wildman–Crippen LogP) is 3.30. The fraction of sp³-hybridized carbons (Fsp3) is 0.235. The lowest BCUT2D eigenvalue weighted by atomic mass is 10.1. The molecule has 0 saturated carbocycles. The van der Waals surface area contributed by atoms with Crippen LogP contribution in [0.5, 0.6) is 0 Å². The molecule has 2 aromatic rings. The fourth-order valence-electron chi connectivity index (χ4n) is 2.88. The lowest BCUT2D eigenvalue weighted by Gasteiger charge is -2.15. The molecule has 1 aliphatic carbocycles. The molecule has 1 N–H and O–H groups in total. The van der Waals surface area contributed by atoms with Crippen LogP contribution in [0.1, 0.15) is 33.9 Å². The summed E-state index contributed by atoms with van der Waals surface area (Å²) in [6, 6.07) is 8.57. The summed E-state index contributed by atoms with van der Waals surface area (Å²) >= 11 is 5.96. The summed E-state index contributed by atoms with van der Waals surface area (Å²) in [6.07, 6.45) is 2.49. The average Bonchev–Trinajstić information content (AvgIpc) is 2.88. The number of aryl methyl sites for hydroxylation is 1. The number of hydrogen-bond acceptors (Lipinski definition) is 3. The second-order valence-corrected chi connectivity index (χ2v) is 8.27. The van der Waals surface area contributed by atoms with Crippen LogP contribution >= 0.6 is 11.6 Å². The van der Waals surface area contributed by atoms with Gasteiger partial charge in [-0.2, -0.15) is 0 Å². The van der Waals surface area contributed by atoms with E-state index in [9.17, 15) is 17.6 Å². The van der Waals surface area contributed by atoms with E-state index >= 15 is 0 Å². The van der Waals surface area contributed by atoms with Gasteiger partial charge in [-0.1, -0.05) is 17.7 Å². The SMILES string of the molecule is CS(=O)(=O)c1ccc(C(=O)N[C@@H]2CCc3cc(Cl)ccc32)c(F)c1. The summed E-state index contributed by atoms with van der Waals surface area (Å²) in [7, 11) is -3.52. The van der Waals surface area contributed by atoms with E-state index in [2.05, 4.69) is 5.32 Å². The topological polar surface area (TPSA) is 63.2 Å². The molecule has 1 atom stereocenters. The first-order chi connectivity index (χ1) is 11.3. The van der Waals surface area contributed by atoms with Crippen molar-refractivity contribution < 1.29 is 17.6 Å². The maximum Gasteiger partial charge on any atom is 0.254 e. The second-order valence-electron chi connectivity index (χ2n) is 5.82. The van der Waals surface area contributed by atoms with Crippen LogP contribution in [-0.4, -0.2) is 20.6 Å². The van der Waals surface area contributed by atoms with Gasteiger partial charge in [0.05, 0.1) is 16.5 Å². The minimum atomic E-state index is -3.52. The van der Waals surface area contributed by atoms with Gasteiger partial charge < -0.3 is 5.32 Å². The number of fused-ring (bicyclic) bond motifs is 1. The van der Waals surface area contributed by atoms with Crippen molar-refractivity contribution in [1.29, 1.82) is 0 Å². The Labute approximate surface area is 144 Å². The third-order valence-corrected chi connectivity index (χ3v) is 5.45. The molecule has 4 nitrogen and oxygen atoms in total. The molecule has 2 aromatic carbocycles. The molecular formula is C17H15ClFNO3S. The third kappa shape index (κ3) is 3.30. The number of rotatable bonds is 3. The molecule has 24 heavy (non-hydrogen) atoms. The van der Waals surface area contributed by atoms with E-state index in [-0.39, 0.29) is 16.5 Å². The van der Waals surface area contributed by atoms with Gasteiger partial charge in [-0.25, -0.2) is 12.8 Å². The number of carbonyl (C=O) groups excluding carboxylic acids is 1. The maximum atomic E-state index is 14.1. The van der Waals surface area contributed by atoms with Crippen LogP contribution in [0, 0.1) is 5.82 Å². The summed E-state index contributed by atoms with van der Waals surface area (Å²) in [5.74, 6) is -1.43. The number of benzene rings is 2. The summed E-state index contributed by atoms with van der Waals surface area (Å²) in [5.41, 5.74) is 1.87. The first-order valence-corrected chi connectivity index (χ1v) is 9.61. The Morgan fingerprint density at radius 1 is 1.25 bits per heavy atom. The van der Waals surface area contributed by atoms with Crippen molar-refractivity contribution in [2.45, 2.75) is 23.8 Å². The molecule has 1 amide bonds. The highest BCUT2D eigenvalue weighted by molar-refractivity contribution is 7.90. The molecule has 0 aromatic heterocycles. The minimum absolute atomic E-state index is 0.155. The molecule has 7 heteroatoms. The highest BCUT2D eigenvalue weighted by atomic mass is 35.5. The van der Waals surface area contributed by atoms with Gasteiger partial charge in [0, 0.05) is 11.3 Å². The summed E-state index contributed by atoms with van der Waals surface area (Å²) in [4.78, 5) is 12.2. The maximum absolute atomic E-state index is 14.1. The van der Waals surface area contributed by atoms with Crippen LogP contribution in [0.2, 0.25) is 5.02 Å². The summed E-state index contributed by atoms with van der Waals surface area (Å²) in [6.45, 7) is 0. The molecule has 0 unspecified atom stereocenters. The number of nitrogens with one attached hydrogen (secondary N) is 1. The Morgan fingerprint density at radius 2 is 2.00 bits per heavy atom. The predicted molar refractivity (Wildman–Crippen MR) is 89.5 cm³/mol. The molecule has 3 rings (SSSR count). The standard InChI is InChI=1S/C17H15ClFNO3S/c1-24(22,23)12-4-6-14(15(19)9-12)17(21)20-16-7-2-10-8-11(18)3-5-13(10)16/h3-6,8-9,16H,2,7H2,1H3,(H,20,21)/t16-/m1/s1. The van der Waals surface area contributed by atoms with E-state index in [4.69, 9.17) is 11.6 Å². The summed E-state index contributed by atoms with van der Waals surface area (Å²) < 4.78 is 37.0. The normalized spacial score (nSPS) is 16.7. The van der Waals surface area contributed by atoms with Crippen LogP contribution in [0.15, 0.2) is 41.3 Å². The Bertz CT molecular complexity index is 927. The van der Waals surface area contributed by atoms with Crippen molar-refractivity contribution >= 4 is 27.3 Å². The van der Waals surface area contributed by atoms with Crippen LogP contribution in [-0.2, 0) is 16.3 Å². The monoisotopic (exact) mass is 367 g/mol. The van der Waals surface area contributed by atoms with E-state index in [1.54, 1.807) is 6.07 Å². The molecule has 0 heterocycles. The van der Waals surface area contributed by atoms with E-state index < -0.39 is 21.6 Å². The Morgan fingerprint density at radius 3 is 2.67 bits per heavy atom. The van der Waals surface area contributed by atoms with Crippen molar-refractivity contribution in [1.82, 2.24) is 5.32 Å². The van der Waals surface area contributed by atoms with Gasteiger partial charge in [0.2, 0.25) is 0 Å². The smallest absolute Gasteiger partial charge is 0.254 e. The van der Waals surface area contributed by atoms with Crippen LogP contribution in [0.4, 0.5) is 4.39 Å². The lowest BCUT2D eigenvalue weighted by Crippen LogP contribution is -2.28. The van der Waals surface area contributed by atoms with E-state index in [0.29, 0.717) is 11.4 Å². The number of amides is 1. The zero-order valence-electron chi connectivity index (χ0n) is 12.8. The number of halogens is 2. The van der Waals surface area contributed by atoms with Crippen molar-refractivity contribution in [2.75, 3.05) is 6.26 Å². The number of sulfone groups is 1. The van der Waals surface area contributed by atoms with Gasteiger partial charge in [0.1, 0.15) is 5.82 Å². The fourth-order valence-corrected chi connectivity index (χ4v) is 3.71.